The number of pyridine rings is 1. The molecule has 6 nitrogen and oxygen atoms in total. The number of hydrogen-bond acceptors (Lipinski definition) is 4. The number of hydrogen-bond donors (Lipinski definition) is 1. The minimum absolute atomic E-state index is 0.0848. The molecule has 7 heteroatoms. The van der Waals surface area contributed by atoms with Gasteiger partial charge in [-0.15, -0.1) is 0 Å². The van der Waals surface area contributed by atoms with Crippen molar-refractivity contribution in [2.45, 2.75) is 43.0 Å². The standard InChI is InChI=1S/C24H27N3O3S/c28-23-18-21(19-10-4-3-5-11-19)27(17-7-2-1-6-15-25-23)31(29,30)22-14-8-12-20-13-9-16-26-24(20)22/h3-5,8-14,16,21H,1-2,6-7,15,17-18H2,(H,25,28). The average Bonchev–Trinajstić information content (AvgIpc) is 2.83. The predicted octanol–water partition coefficient (Wildman–Crippen LogP) is 4.05. The van der Waals surface area contributed by atoms with Gasteiger partial charge in [0.25, 0.3) is 0 Å². The maximum Gasteiger partial charge on any atom is 0.245 e. The first-order chi connectivity index (χ1) is 15.1. The Morgan fingerprint density at radius 2 is 1.68 bits per heavy atom. The van der Waals surface area contributed by atoms with E-state index < -0.39 is 16.1 Å². The summed E-state index contributed by atoms with van der Waals surface area (Å²) in [5.41, 5.74) is 1.27. The van der Waals surface area contributed by atoms with Crippen LogP contribution >= 0.6 is 0 Å². The number of aromatic nitrogens is 1. The molecule has 1 aromatic heterocycles. The summed E-state index contributed by atoms with van der Waals surface area (Å²) in [4.78, 5) is 17.2. The van der Waals surface area contributed by atoms with Gasteiger partial charge in [0.05, 0.1) is 11.6 Å². The molecule has 0 saturated carbocycles. The van der Waals surface area contributed by atoms with Crippen LogP contribution < -0.4 is 5.32 Å². The van der Waals surface area contributed by atoms with Crippen molar-refractivity contribution in [2.24, 2.45) is 0 Å². The number of para-hydroxylation sites is 1. The second kappa shape index (κ2) is 9.58. The van der Waals surface area contributed by atoms with Gasteiger partial charge in [0.1, 0.15) is 4.90 Å². The van der Waals surface area contributed by atoms with E-state index in [1.165, 1.54) is 4.31 Å². The van der Waals surface area contributed by atoms with Crippen LogP contribution in [-0.4, -0.2) is 36.7 Å². The second-order valence-electron chi connectivity index (χ2n) is 7.84. The molecule has 1 aliphatic heterocycles. The van der Waals surface area contributed by atoms with Crippen LogP contribution in [0.4, 0.5) is 0 Å². The van der Waals surface area contributed by atoms with Crippen LogP contribution in [0.25, 0.3) is 10.9 Å². The molecule has 2 heterocycles. The van der Waals surface area contributed by atoms with Gasteiger partial charge in [-0.3, -0.25) is 9.78 Å². The van der Waals surface area contributed by atoms with Gasteiger partial charge in [0.2, 0.25) is 15.9 Å². The number of sulfonamides is 1. The van der Waals surface area contributed by atoms with Gasteiger partial charge < -0.3 is 5.32 Å². The summed E-state index contributed by atoms with van der Waals surface area (Å²) >= 11 is 0. The van der Waals surface area contributed by atoms with Crippen molar-refractivity contribution >= 4 is 26.8 Å². The Kier molecular flexibility index (Phi) is 6.63. The molecule has 1 aliphatic rings. The lowest BCUT2D eigenvalue weighted by atomic mass is 10.0. The van der Waals surface area contributed by atoms with Crippen LogP contribution in [0.15, 0.2) is 71.8 Å². The van der Waals surface area contributed by atoms with Crippen LogP contribution in [0, 0.1) is 0 Å². The van der Waals surface area contributed by atoms with E-state index in [1.54, 1.807) is 24.4 Å². The lowest BCUT2D eigenvalue weighted by molar-refractivity contribution is -0.122. The highest BCUT2D eigenvalue weighted by Gasteiger charge is 2.35. The molecule has 0 bridgehead atoms. The number of fused-ring (bicyclic) bond motifs is 1. The van der Waals surface area contributed by atoms with E-state index in [-0.39, 0.29) is 17.2 Å². The minimum atomic E-state index is -3.90. The zero-order chi connectivity index (χ0) is 21.7. The van der Waals surface area contributed by atoms with E-state index in [0.29, 0.717) is 18.6 Å². The van der Waals surface area contributed by atoms with Gasteiger partial charge in [0.15, 0.2) is 0 Å². The zero-order valence-corrected chi connectivity index (χ0v) is 18.2. The molecular formula is C24H27N3O3S. The molecular weight excluding hydrogens is 410 g/mol. The van der Waals surface area contributed by atoms with Crippen LogP contribution in [0.5, 0.6) is 0 Å². The molecule has 1 amide bonds. The number of rotatable bonds is 3. The zero-order valence-electron chi connectivity index (χ0n) is 17.4. The molecule has 0 radical (unpaired) electrons. The molecule has 3 aromatic rings. The molecule has 1 atom stereocenters. The van der Waals surface area contributed by atoms with Crippen LogP contribution in [0.1, 0.15) is 43.7 Å². The summed E-state index contributed by atoms with van der Waals surface area (Å²) in [7, 11) is -3.90. The molecule has 31 heavy (non-hydrogen) atoms. The van der Waals surface area contributed by atoms with Crippen LogP contribution in [0.3, 0.4) is 0 Å². The fourth-order valence-electron chi connectivity index (χ4n) is 4.14. The van der Waals surface area contributed by atoms with Crippen molar-refractivity contribution < 1.29 is 13.2 Å². The molecule has 0 aliphatic carbocycles. The second-order valence-corrected chi connectivity index (χ2v) is 9.70. The Morgan fingerprint density at radius 3 is 2.52 bits per heavy atom. The molecule has 2 aromatic carbocycles. The Labute approximate surface area is 183 Å². The third kappa shape index (κ3) is 4.78. The monoisotopic (exact) mass is 437 g/mol. The van der Waals surface area contributed by atoms with Gasteiger partial charge in [-0.25, -0.2) is 8.42 Å². The van der Waals surface area contributed by atoms with Gasteiger partial charge in [-0.05, 0) is 30.5 Å². The van der Waals surface area contributed by atoms with Crippen molar-refractivity contribution in [1.29, 1.82) is 0 Å². The van der Waals surface area contributed by atoms with E-state index in [0.717, 1.165) is 36.6 Å². The number of carbonyl (C=O) groups excluding carboxylic acids is 1. The molecule has 0 spiro atoms. The number of carbonyl (C=O) groups is 1. The third-order valence-corrected chi connectivity index (χ3v) is 7.66. The van der Waals surface area contributed by atoms with Crippen molar-refractivity contribution in [3.8, 4) is 0 Å². The maximum absolute atomic E-state index is 14.0. The Morgan fingerprint density at radius 1 is 0.903 bits per heavy atom. The van der Waals surface area contributed by atoms with Crippen molar-refractivity contribution in [1.82, 2.24) is 14.6 Å². The predicted molar refractivity (Wildman–Crippen MR) is 121 cm³/mol. The van der Waals surface area contributed by atoms with E-state index in [4.69, 9.17) is 0 Å². The van der Waals surface area contributed by atoms with Crippen LogP contribution in [-0.2, 0) is 14.8 Å². The lowest BCUT2D eigenvalue weighted by Crippen LogP contribution is -2.38. The van der Waals surface area contributed by atoms with Gasteiger partial charge >= 0.3 is 0 Å². The summed E-state index contributed by atoms with van der Waals surface area (Å²) in [6.07, 6.45) is 5.21. The smallest absolute Gasteiger partial charge is 0.245 e. The lowest BCUT2D eigenvalue weighted by Gasteiger charge is -2.31. The largest absolute Gasteiger partial charge is 0.356 e. The van der Waals surface area contributed by atoms with Gasteiger partial charge in [-0.2, -0.15) is 4.31 Å². The first-order valence-electron chi connectivity index (χ1n) is 10.7. The minimum Gasteiger partial charge on any atom is -0.356 e. The molecule has 1 fully saturated rings. The molecule has 1 saturated heterocycles. The molecule has 1 unspecified atom stereocenters. The molecule has 4 rings (SSSR count). The van der Waals surface area contributed by atoms with E-state index in [2.05, 4.69) is 10.3 Å². The van der Waals surface area contributed by atoms with Gasteiger partial charge in [-0.1, -0.05) is 61.4 Å². The summed E-state index contributed by atoms with van der Waals surface area (Å²) < 4.78 is 29.5. The van der Waals surface area contributed by atoms with Crippen molar-refractivity contribution in [3.63, 3.8) is 0 Å². The quantitative estimate of drug-likeness (QED) is 0.671. The fourth-order valence-corrected chi connectivity index (χ4v) is 5.96. The van der Waals surface area contributed by atoms with Gasteiger partial charge in [0, 0.05) is 31.1 Å². The number of nitrogens with zero attached hydrogens (tertiary/aromatic N) is 2. The normalized spacial score (nSPS) is 19.5. The van der Waals surface area contributed by atoms with Crippen molar-refractivity contribution in [2.75, 3.05) is 13.1 Å². The fraction of sp³-hybridized carbons (Fsp3) is 0.333. The molecule has 1 N–H and O–H groups in total. The van der Waals surface area contributed by atoms with Crippen molar-refractivity contribution in [3.05, 3.63) is 72.4 Å². The SMILES string of the molecule is O=C1CC(c2ccccc2)N(S(=O)(=O)c2cccc3cccnc23)CCCCCCN1. The highest BCUT2D eigenvalue weighted by atomic mass is 32.2. The highest BCUT2D eigenvalue weighted by Crippen LogP contribution is 2.33. The highest BCUT2D eigenvalue weighted by molar-refractivity contribution is 7.89. The Balaban J connectivity index is 1.83. The molecule has 162 valence electrons. The number of nitrogens with one attached hydrogen (secondary N) is 1. The topological polar surface area (TPSA) is 79.4 Å². The van der Waals surface area contributed by atoms with E-state index >= 15 is 0 Å². The maximum atomic E-state index is 14.0. The summed E-state index contributed by atoms with van der Waals surface area (Å²) in [6.45, 7) is 0.985. The van der Waals surface area contributed by atoms with E-state index in [9.17, 15) is 13.2 Å². The summed E-state index contributed by atoms with van der Waals surface area (Å²) in [5, 5.41) is 3.72. The Bertz CT molecular complexity index is 1140. The Hall–Kier alpha value is -2.77. The first-order valence-corrected chi connectivity index (χ1v) is 12.2. The summed E-state index contributed by atoms with van der Waals surface area (Å²) in [6, 6.07) is 17.7. The average molecular weight is 438 g/mol. The van der Waals surface area contributed by atoms with Crippen LogP contribution in [0.2, 0.25) is 0 Å². The number of benzene rings is 2. The number of amides is 1. The third-order valence-electron chi connectivity index (χ3n) is 5.72. The van der Waals surface area contributed by atoms with E-state index in [1.807, 2.05) is 42.5 Å². The first kappa shape index (κ1) is 21.5. The summed E-state index contributed by atoms with van der Waals surface area (Å²) in [5.74, 6) is -0.132.